The van der Waals surface area contributed by atoms with Crippen LogP contribution in [0.2, 0.25) is 0 Å². The van der Waals surface area contributed by atoms with Gasteiger partial charge < -0.3 is 31.5 Å². The molecule has 0 heterocycles. The van der Waals surface area contributed by atoms with Crippen LogP contribution in [0.1, 0.15) is 91.5 Å². The summed E-state index contributed by atoms with van der Waals surface area (Å²) in [5.74, 6) is -6.92. The average molecular weight is 1130 g/mol. The maximum absolute atomic E-state index is 14.7. The number of aliphatic hydroxyl groups is 2. The van der Waals surface area contributed by atoms with Crippen molar-refractivity contribution in [2.24, 2.45) is 23.7 Å². The maximum Gasteiger partial charge on any atom is 0.243 e. The fraction of sp³-hybridized carbons (Fsp3) is 0.438. The van der Waals surface area contributed by atoms with E-state index in [4.69, 9.17) is 0 Å². The molecule has 0 spiro atoms. The first-order valence-electron chi connectivity index (χ1n) is 27.6. The van der Waals surface area contributed by atoms with Crippen LogP contribution in [0.4, 0.5) is 0 Å². The first-order chi connectivity index (χ1) is 37.6. The predicted octanol–water partition coefficient (Wildman–Crippen LogP) is 7.90. The van der Waals surface area contributed by atoms with Crippen LogP contribution in [0.3, 0.4) is 0 Å². The molecule has 14 nitrogen and oxygen atoms in total. The quantitative estimate of drug-likeness (QED) is 0.0325. The number of amides is 4. The van der Waals surface area contributed by atoms with E-state index < -0.39 is 124 Å². The molecule has 0 aliphatic heterocycles. The van der Waals surface area contributed by atoms with Crippen molar-refractivity contribution in [2.75, 3.05) is 11.5 Å². The number of carbonyl (C=O) groups is 4. The van der Waals surface area contributed by atoms with Crippen molar-refractivity contribution in [3.63, 3.8) is 0 Å². The summed E-state index contributed by atoms with van der Waals surface area (Å²) < 4.78 is 52.9. The molecule has 0 aliphatic carbocycles. The van der Waals surface area contributed by atoms with Crippen molar-refractivity contribution in [1.29, 1.82) is 0 Å². The van der Waals surface area contributed by atoms with Crippen LogP contribution in [-0.4, -0.2) is 108 Å². The minimum Gasteiger partial charge on any atom is -0.388 e. The van der Waals surface area contributed by atoms with Crippen molar-refractivity contribution in [3.05, 3.63) is 168 Å². The van der Waals surface area contributed by atoms with Gasteiger partial charge in [-0.2, -0.15) is 0 Å². The van der Waals surface area contributed by atoms with E-state index in [1.54, 1.807) is 118 Å². The van der Waals surface area contributed by atoms with Gasteiger partial charge in [0.2, 0.25) is 23.6 Å². The smallest absolute Gasteiger partial charge is 0.243 e. The molecule has 0 saturated heterocycles. The Balaban J connectivity index is 1.29. The van der Waals surface area contributed by atoms with E-state index in [0.717, 1.165) is 32.7 Å². The maximum atomic E-state index is 14.7. The molecule has 4 amide bonds. The molecular weight excluding hydrogens is 1050 g/mol. The van der Waals surface area contributed by atoms with E-state index in [1.807, 2.05) is 97.1 Å². The third kappa shape index (κ3) is 16.4. The molecule has 0 unspecified atom stereocenters. The molecule has 0 radical (unpaired) electrons. The highest BCUT2D eigenvalue weighted by molar-refractivity contribution is 7.93. The number of aliphatic hydroxyl groups excluding tert-OH is 2. The van der Waals surface area contributed by atoms with Crippen LogP contribution in [0.15, 0.2) is 146 Å². The topological polar surface area (TPSA) is 225 Å². The average Bonchev–Trinajstić information content (AvgIpc) is 3.40. The molecule has 0 fully saturated rings. The molecule has 0 aromatic heterocycles. The predicted molar refractivity (Wildman–Crippen MR) is 319 cm³/mol. The molecule has 0 saturated carbocycles. The number of carbonyl (C=O) groups excluding carboxylic acids is 4. The van der Waals surface area contributed by atoms with Gasteiger partial charge in [0.25, 0.3) is 0 Å². The number of fused-ring (bicyclic) bond motifs is 2. The zero-order chi connectivity index (χ0) is 58.7. The van der Waals surface area contributed by atoms with E-state index >= 15 is 0 Å². The third-order valence-electron chi connectivity index (χ3n) is 15.1. The van der Waals surface area contributed by atoms with Crippen molar-refractivity contribution < 1.29 is 46.2 Å². The minimum absolute atomic E-state index is 0.00332. The van der Waals surface area contributed by atoms with Gasteiger partial charge in [-0.05, 0) is 123 Å². The highest BCUT2D eigenvalue weighted by Gasteiger charge is 2.41. The summed E-state index contributed by atoms with van der Waals surface area (Å²) in [6.07, 6.45) is -3.37. The van der Waals surface area contributed by atoms with Crippen LogP contribution >= 0.6 is 0 Å². The van der Waals surface area contributed by atoms with Gasteiger partial charge in [-0.25, -0.2) is 16.8 Å². The summed E-state index contributed by atoms with van der Waals surface area (Å²) in [5.41, 5.74) is 2.92. The van der Waals surface area contributed by atoms with Gasteiger partial charge in [0.05, 0.1) is 44.9 Å². The lowest BCUT2D eigenvalue weighted by Crippen LogP contribution is -2.62. The van der Waals surface area contributed by atoms with Crippen LogP contribution in [0.5, 0.6) is 0 Å². The second kappa shape index (κ2) is 26.9. The number of hydrogen-bond acceptors (Lipinski definition) is 10. The number of rotatable bonds is 25. The summed E-state index contributed by atoms with van der Waals surface area (Å²) in [5, 5.41) is 40.1. The van der Waals surface area contributed by atoms with Crippen molar-refractivity contribution in [1.82, 2.24) is 21.3 Å². The Morgan fingerprint density at radius 3 is 1.05 bits per heavy atom. The summed E-state index contributed by atoms with van der Waals surface area (Å²) >= 11 is 0. The van der Waals surface area contributed by atoms with Crippen molar-refractivity contribution in [3.8, 4) is 0 Å². The lowest BCUT2D eigenvalue weighted by atomic mass is 9.90. The molecule has 0 bridgehead atoms. The Bertz CT molecular complexity index is 3070. The second-order valence-corrected chi connectivity index (χ2v) is 29.5. The first kappa shape index (κ1) is 62.7. The molecule has 6 aromatic rings. The standard InChI is InChI=1S/C64H82N4O10S2/c1-41(2)55(67-59(71)49(39-79(75,76)63(5,6)7)37-47-31-21-29-45-27-17-19-33-51(45)47)61(73)65-53(35-43-23-13-11-14-24-43)57(69)58(70)54(36-44-25-15-12-16-26-44)66-62(74)56(42(3)4)68-60(72)50(40-80(77,78)64(8,9)10)38-48-32-22-30-46-28-18-20-34-52(46)48/h11-34,41-42,49-50,53-58,69-70H,35-40H2,1-10H3,(H,65,73)(H,66,74)(H,67,71)(H,68,72)/t49-,50+,53-,54-,55-,56-,57-,58+/m0/s1. The van der Waals surface area contributed by atoms with Gasteiger partial charge in [0, 0.05) is 0 Å². The SMILES string of the molecule is CC(C)[C@H](NC(=O)[C@@H](Cc1cccc2ccccc12)CS(=O)(=O)C(C)(C)C)C(=O)N[C@@H](Cc1ccccc1)[C@H](O)[C@H](O)[C@H](Cc1ccccc1)NC(=O)[C@@H](NC(=O)[C@H](Cc1cccc2ccccc12)CS(=O)(=O)C(C)(C)C)C(C)C. The highest BCUT2D eigenvalue weighted by Crippen LogP contribution is 2.28. The molecule has 6 N–H and O–H groups in total. The molecule has 16 heteroatoms. The molecular formula is C64H82N4O10S2. The van der Waals surface area contributed by atoms with Crippen molar-refractivity contribution >= 4 is 64.8 Å². The van der Waals surface area contributed by atoms with Crippen molar-refractivity contribution in [2.45, 2.75) is 141 Å². The lowest BCUT2D eigenvalue weighted by Gasteiger charge is -2.35. The number of nitrogens with one attached hydrogen (secondary N) is 4. The van der Waals surface area contributed by atoms with Gasteiger partial charge in [-0.1, -0.05) is 173 Å². The van der Waals surface area contributed by atoms with Gasteiger partial charge in [-0.15, -0.1) is 0 Å². The Morgan fingerprint density at radius 2 is 0.725 bits per heavy atom. The van der Waals surface area contributed by atoms with Gasteiger partial charge in [0.1, 0.15) is 24.3 Å². The third-order valence-corrected chi connectivity index (χ3v) is 20.5. The summed E-state index contributed by atoms with van der Waals surface area (Å²) in [4.78, 5) is 58.7. The van der Waals surface area contributed by atoms with Crippen LogP contribution in [-0.2, 0) is 64.5 Å². The van der Waals surface area contributed by atoms with Gasteiger partial charge in [0.15, 0.2) is 19.7 Å². The van der Waals surface area contributed by atoms with E-state index in [1.165, 1.54) is 0 Å². The Labute approximate surface area is 473 Å². The lowest BCUT2D eigenvalue weighted by molar-refractivity contribution is -0.134. The van der Waals surface area contributed by atoms with E-state index in [9.17, 15) is 46.2 Å². The number of benzene rings is 6. The Morgan fingerprint density at radius 1 is 0.412 bits per heavy atom. The van der Waals surface area contributed by atoms with Crippen LogP contribution in [0.25, 0.3) is 21.5 Å². The summed E-state index contributed by atoms with van der Waals surface area (Å²) in [6.45, 7) is 16.4. The summed E-state index contributed by atoms with van der Waals surface area (Å²) in [6, 6.07) is 39.7. The highest BCUT2D eigenvalue weighted by atomic mass is 32.2. The zero-order valence-electron chi connectivity index (χ0n) is 47.8. The number of sulfone groups is 2. The Hall–Kier alpha value is -6.46. The molecule has 0 aliphatic rings. The largest absolute Gasteiger partial charge is 0.388 e. The van der Waals surface area contributed by atoms with E-state index in [0.29, 0.717) is 11.1 Å². The first-order valence-corrected chi connectivity index (χ1v) is 30.9. The monoisotopic (exact) mass is 1130 g/mol. The second-order valence-electron chi connectivity index (χ2n) is 23.9. The molecule has 8 atom stereocenters. The normalized spacial score (nSPS) is 15.5. The van der Waals surface area contributed by atoms with E-state index in [-0.39, 0.29) is 25.7 Å². The molecule has 6 aromatic carbocycles. The Kier molecular flexibility index (Phi) is 21.1. The van der Waals surface area contributed by atoms with Crippen LogP contribution < -0.4 is 21.3 Å². The van der Waals surface area contributed by atoms with Crippen LogP contribution in [0, 0.1) is 23.7 Å². The summed E-state index contributed by atoms with van der Waals surface area (Å²) in [7, 11) is -7.70. The molecule has 430 valence electrons. The fourth-order valence-corrected chi connectivity index (χ4v) is 12.4. The molecule has 80 heavy (non-hydrogen) atoms. The zero-order valence-corrected chi connectivity index (χ0v) is 49.5. The minimum atomic E-state index is -3.85. The molecule has 6 rings (SSSR count). The van der Waals surface area contributed by atoms with Gasteiger partial charge in [-0.3, -0.25) is 19.2 Å². The van der Waals surface area contributed by atoms with Gasteiger partial charge >= 0.3 is 0 Å². The van der Waals surface area contributed by atoms with E-state index in [2.05, 4.69) is 21.3 Å². The fourth-order valence-electron chi connectivity index (χ4n) is 9.84. The number of hydrogen-bond donors (Lipinski definition) is 6.